The van der Waals surface area contributed by atoms with Gasteiger partial charge in [0.2, 0.25) is 0 Å². The first kappa shape index (κ1) is 13.3. The van der Waals surface area contributed by atoms with Crippen molar-refractivity contribution in [3.05, 3.63) is 63.9 Å². The number of benzene rings is 1. The highest BCUT2D eigenvalue weighted by atomic mass is 35.5. The normalized spacial score (nSPS) is 12.4. The standard InChI is InChI=1S/C14H14Cl2N2/c1-10(11-5-7-17-8-6-11)18-9-12-13(15)3-2-4-14(12)16/h2-8,10,18H,9H2,1H3. The fourth-order valence-electron chi connectivity index (χ4n) is 1.73. The maximum Gasteiger partial charge on any atom is 0.0465 e. The summed E-state index contributed by atoms with van der Waals surface area (Å²) in [5.74, 6) is 0. The lowest BCUT2D eigenvalue weighted by atomic mass is 10.1. The van der Waals surface area contributed by atoms with Gasteiger partial charge in [0.25, 0.3) is 0 Å². The van der Waals surface area contributed by atoms with Crippen LogP contribution in [0.15, 0.2) is 42.7 Å². The van der Waals surface area contributed by atoms with Gasteiger partial charge < -0.3 is 5.32 Å². The quantitative estimate of drug-likeness (QED) is 0.906. The first-order valence-corrected chi connectivity index (χ1v) is 6.50. The molecule has 0 saturated heterocycles. The van der Waals surface area contributed by atoms with Crippen molar-refractivity contribution in [2.45, 2.75) is 19.5 Å². The van der Waals surface area contributed by atoms with Crippen LogP contribution in [0.4, 0.5) is 0 Å². The molecule has 2 nitrogen and oxygen atoms in total. The van der Waals surface area contributed by atoms with E-state index in [1.807, 2.05) is 30.3 Å². The Labute approximate surface area is 117 Å². The van der Waals surface area contributed by atoms with Crippen molar-refractivity contribution >= 4 is 23.2 Å². The van der Waals surface area contributed by atoms with Crippen LogP contribution in [0.25, 0.3) is 0 Å². The lowest BCUT2D eigenvalue weighted by Crippen LogP contribution is -2.18. The highest BCUT2D eigenvalue weighted by Gasteiger charge is 2.08. The van der Waals surface area contributed by atoms with Gasteiger partial charge in [-0.1, -0.05) is 29.3 Å². The average Bonchev–Trinajstić information content (AvgIpc) is 2.39. The van der Waals surface area contributed by atoms with Gasteiger partial charge in [-0.25, -0.2) is 0 Å². The summed E-state index contributed by atoms with van der Waals surface area (Å²) in [7, 11) is 0. The van der Waals surface area contributed by atoms with Crippen LogP contribution in [-0.2, 0) is 6.54 Å². The summed E-state index contributed by atoms with van der Waals surface area (Å²) in [5.41, 5.74) is 2.12. The van der Waals surface area contributed by atoms with Crippen LogP contribution in [0.2, 0.25) is 10.0 Å². The maximum atomic E-state index is 6.12. The van der Waals surface area contributed by atoms with E-state index in [1.165, 1.54) is 5.56 Å². The van der Waals surface area contributed by atoms with E-state index in [0.29, 0.717) is 16.6 Å². The maximum absolute atomic E-state index is 6.12. The lowest BCUT2D eigenvalue weighted by molar-refractivity contribution is 0.574. The smallest absolute Gasteiger partial charge is 0.0465 e. The third-order valence-electron chi connectivity index (χ3n) is 2.85. The topological polar surface area (TPSA) is 24.9 Å². The number of nitrogens with one attached hydrogen (secondary N) is 1. The SMILES string of the molecule is CC(NCc1c(Cl)cccc1Cl)c1ccncc1. The minimum absolute atomic E-state index is 0.223. The highest BCUT2D eigenvalue weighted by molar-refractivity contribution is 6.35. The van der Waals surface area contributed by atoms with Gasteiger partial charge in [-0.15, -0.1) is 0 Å². The molecule has 1 unspecified atom stereocenters. The van der Waals surface area contributed by atoms with Crippen LogP contribution in [0, 0.1) is 0 Å². The fraction of sp³-hybridized carbons (Fsp3) is 0.214. The molecule has 1 aromatic carbocycles. The Hall–Kier alpha value is -1.09. The zero-order valence-electron chi connectivity index (χ0n) is 10.0. The summed E-state index contributed by atoms with van der Waals surface area (Å²) in [6.45, 7) is 2.74. The molecule has 1 atom stereocenters. The molecule has 0 fully saturated rings. The number of halogens is 2. The largest absolute Gasteiger partial charge is 0.306 e. The fourth-order valence-corrected chi connectivity index (χ4v) is 2.26. The number of pyridine rings is 1. The second-order valence-corrected chi connectivity index (χ2v) is 4.90. The lowest BCUT2D eigenvalue weighted by Gasteiger charge is -2.15. The molecule has 0 spiro atoms. The van der Waals surface area contributed by atoms with E-state index in [-0.39, 0.29) is 6.04 Å². The Morgan fingerprint density at radius 3 is 2.33 bits per heavy atom. The minimum Gasteiger partial charge on any atom is -0.306 e. The van der Waals surface area contributed by atoms with E-state index in [2.05, 4.69) is 17.2 Å². The van der Waals surface area contributed by atoms with Crippen LogP contribution in [-0.4, -0.2) is 4.98 Å². The third-order valence-corrected chi connectivity index (χ3v) is 3.56. The molecule has 1 heterocycles. The number of hydrogen-bond acceptors (Lipinski definition) is 2. The van der Waals surface area contributed by atoms with Crippen molar-refractivity contribution in [3.63, 3.8) is 0 Å². The van der Waals surface area contributed by atoms with Crippen LogP contribution in [0.5, 0.6) is 0 Å². The summed E-state index contributed by atoms with van der Waals surface area (Å²) in [6, 6.07) is 9.75. The zero-order valence-corrected chi connectivity index (χ0v) is 11.5. The van der Waals surface area contributed by atoms with E-state index in [0.717, 1.165) is 5.56 Å². The Morgan fingerprint density at radius 2 is 1.72 bits per heavy atom. The Balaban J connectivity index is 2.04. The number of rotatable bonds is 4. The second-order valence-electron chi connectivity index (χ2n) is 4.08. The van der Waals surface area contributed by atoms with E-state index in [9.17, 15) is 0 Å². The highest BCUT2D eigenvalue weighted by Crippen LogP contribution is 2.24. The molecule has 0 amide bonds. The van der Waals surface area contributed by atoms with Crippen molar-refractivity contribution in [2.24, 2.45) is 0 Å². The molecule has 0 bridgehead atoms. The predicted octanol–water partition coefficient (Wildman–Crippen LogP) is 4.24. The molecule has 2 aromatic rings. The third kappa shape index (κ3) is 3.22. The predicted molar refractivity (Wildman–Crippen MR) is 76.0 cm³/mol. The van der Waals surface area contributed by atoms with Crippen LogP contribution in [0.1, 0.15) is 24.1 Å². The molecule has 0 aliphatic heterocycles. The summed E-state index contributed by atoms with van der Waals surface area (Å²) in [6.07, 6.45) is 3.58. The molecule has 0 aliphatic carbocycles. The molecular formula is C14H14Cl2N2. The first-order valence-electron chi connectivity index (χ1n) is 5.74. The molecule has 18 heavy (non-hydrogen) atoms. The Bertz CT molecular complexity index is 494. The van der Waals surface area contributed by atoms with Gasteiger partial charge in [-0.2, -0.15) is 0 Å². The van der Waals surface area contributed by atoms with E-state index in [1.54, 1.807) is 12.4 Å². The van der Waals surface area contributed by atoms with Gasteiger partial charge in [-0.3, -0.25) is 4.98 Å². The number of hydrogen-bond donors (Lipinski definition) is 1. The summed E-state index contributed by atoms with van der Waals surface area (Å²) < 4.78 is 0. The summed E-state index contributed by atoms with van der Waals surface area (Å²) >= 11 is 12.2. The molecule has 4 heteroatoms. The van der Waals surface area contributed by atoms with Crippen LogP contribution < -0.4 is 5.32 Å². The molecule has 1 aromatic heterocycles. The van der Waals surface area contributed by atoms with E-state index in [4.69, 9.17) is 23.2 Å². The molecule has 94 valence electrons. The molecule has 2 rings (SSSR count). The van der Waals surface area contributed by atoms with Crippen LogP contribution >= 0.6 is 23.2 Å². The van der Waals surface area contributed by atoms with Gasteiger partial charge in [0, 0.05) is 40.6 Å². The zero-order chi connectivity index (χ0) is 13.0. The van der Waals surface area contributed by atoms with E-state index < -0.39 is 0 Å². The van der Waals surface area contributed by atoms with Gasteiger partial charge in [0.15, 0.2) is 0 Å². The monoisotopic (exact) mass is 280 g/mol. The Morgan fingerprint density at radius 1 is 1.11 bits per heavy atom. The van der Waals surface area contributed by atoms with Gasteiger partial charge in [-0.05, 0) is 36.8 Å². The van der Waals surface area contributed by atoms with Crippen LogP contribution in [0.3, 0.4) is 0 Å². The molecule has 0 aliphatic rings. The van der Waals surface area contributed by atoms with Crippen molar-refractivity contribution in [1.82, 2.24) is 10.3 Å². The van der Waals surface area contributed by atoms with Gasteiger partial charge in [0.05, 0.1) is 0 Å². The van der Waals surface area contributed by atoms with Gasteiger partial charge >= 0.3 is 0 Å². The van der Waals surface area contributed by atoms with Crippen molar-refractivity contribution < 1.29 is 0 Å². The van der Waals surface area contributed by atoms with E-state index >= 15 is 0 Å². The minimum atomic E-state index is 0.223. The molecule has 0 radical (unpaired) electrons. The van der Waals surface area contributed by atoms with Crippen molar-refractivity contribution in [2.75, 3.05) is 0 Å². The molecule has 1 N–H and O–H groups in total. The molecule has 0 saturated carbocycles. The van der Waals surface area contributed by atoms with Crippen molar-refractivity contribution in [3.8, 4) is 0 Å². The molecular weight excluding hydrogens is 267 g/mol. The number of nitrogens with zero attached hydrogens (tertiary/aromatic N) is 1. The average molecular weight is 281 g/mol. The number of aromatic nitrogens is 1. The van der Waals surface area contributed by atoms with Gasteiger partial charge in [0.1, 0.15) is 0 Å². The second kappa shape index (κ2) is 6.19. The summed E-state index contributed by atoms with van der Waals surface area (Å²) in [4.78, 5) is 4.00. The Kier molecular flexibility index (Phi) is 4.59. The van der Waals surface area contributed by atoms with Crippen molar-refractivity contribution in [1.29, 1.82) is 0 Å². The summed E-state index contributed by atoms with van der Waals surface area (Å²) in [5, 5.41) is 4.78. The first-order chi connectivity index (χ1) is 8.68.